The van der Waals surface area contributed by atoms with Gasteiger partial charge in [-0.2, -0.15) is 0 Å². The summed E-state index contributed by atoms with van der Waals surface area (Å²) in [5.41, 5.74) is -3.46. The molecule has 2 aliphatic heterocycles. The summed E-state index contributed by atoms with van der Waals surface area (Å²) in [5, 5.41) is 13.6. The molecule has 2 aromatic carbocycles. The number of methoxy groups -OCH3 is 1. The molecule has 340 valence electrons. The van der Waals surface area contributed by atoms with Crippen LogP contribution < -0.4 is 10.6 Å². The molecule has 2 amide bonds. The number of carboxylic acid groups (broad SMARTS) is 1. The average Bonchev–Trinajstić information content (AvgIpc) is 4.48. The molecule has 0 radical (unpaired) electrons. The largest absolute Gasteiger partial charge is 0.481 e. The highest BCUT2D eigenvalue weighted by Gasteiger charge is 2.58. The average molecular weight is 911 g/mol. The van der Waals surface area contributed by atoms with E-state index in [0.717, 1.165) is 66.9 Å². The number of amides is 2. The summed E-state index contributed by atoms with van der Waals surface area (Å²) in [6.45, 7) is -3.38. The molecule has 0 spiro atoms. The van der Waals surface area contributed by atoms with Gasteiger partial charge in [-0.3, -0.25) is 24.2 Å². The van der Waals surface area contributed by atoms with Crippen LogP contribution in [0.5, 0.6) is 0 Å². The van der Waals surface area contributed by atoms with Gasteiger partial charge in [0, 0.05) is 90.7 Å². The molecule has 0 saturated heterocycles. The number of imidazole rings is 2. The van der Waals surface area contributed by atoms with Gasteiger partial charge in [-0.15, -0.1) is 0 Å². The zero-order valence-corrected chi connectivity index (χ0v) is 36.1. The number of aromatic nitrogens is 4. The smallest absolute Gasteiger partial charge is 0.309 e. The lowest BCUT2D eigenvalue weighted by atomic mass is 9.80. The van der Waals surface area contributed by atoms with Crippen molar-refractivity contribution in [2.24, 2.45) is 35.6 Å². The fourth-order valence-corrected chi connectivity index (χ4v) is 12.3. The summed E-state index contributed by atoms with van der Waals surface area (Å²) in [6, 6.07) is -5.81. The van der Waals surface area contributed by atoms with Gasteiger partial charge in [0.05, 0.1) is 52.1 Å². The Bertz CT molecular complexity index is 3180. The van der Waals surface area contributed by atoms with Crippen LogP contribution in [0.15, 0.2) is 36.3 Å². The van der Waals surface area contributed by atoms with Crippen LogP contribution in [0.4, 0.5) is 15.8 Å². The van der Waals surface area contributed by atoms with Crippen LogP contribution in [0.3, 0.4) is 0 Å². The minimum atomic E-state index is -2.97. The first kappa shape index (κ1) is 29.1. The van der Waals surface area contributed by atoms with E-state index in [0.29, 0.717) is 51.1 Å². The first-order chi connectivity index (χ1) is 36.8. The van der Waals surface area contributed by atoms with Crippen LogP contribution >= 0.6 is 11.6 Å². The normalized spacial score (nSPS) is 31.2. The number of fused-ring (bicyclic) bond motifs is 6. The number of carbonyl (C=O) groups is 3. The van der Waals surface area contributed by atoms with E-state index in [-0.39, 0.29) is 65.9 Å². The van der Waals surface area contributed by atoms with E-state index in [2.05, 4.69) is 30.4 Å². The summed E-state index contributed by atoms with van der Waals surface area (Å²) in [4.78, 5) is 53.6. The Morgan fingerprint density at radius 2 is 1.31 bits per heavy atom. The standard InChI is InChI=1S/C49H60ClFN8O5/c1-56-37-11-23-59(25-21-47-16-18-49(29-47,19-17-47)45(62)63)27-35(37)52-41(56)43(60)54-33-8-4-6-31(39(33)50)32-7-5-9-34(40(32)51)55-44(61)42-53-36-26-58(22-10-38(36)57(42)2)24-20-46-12-14-48(28-46,15-13-46)30-64-3/h4-9H,10-30H2,1-3H3,(H,54,60)(H,55,61)(H,62,63)/i1D3,2D3,3D3,4D,5D,6D,7D,8D,9D. The second-order valence-corrected chi connectivity index (χ2v) is 19.8. The molecule has 4 fully saturated rings. The van der Waals surface area contributed by atoms with E-state index in [1.807, 2.05) is 0 Å². The summed E-state index contributed by atoms with van der Waals surface area (Å²) < 4.78 is 149. The van der Waals surface area contributed by atoms with Gasteiger partial charge in [-0.05, 0) is 118 Å². The molecule has 64 heavy (non-hydrogen) atoms. The van der Waals surface area contributed by atoms with Crippen molar-refractivity contribution in [3.63, 3.8) is 0 Å². The van der Waals surface area contributed by atoms with Gasteiger partial charge in [0.15, 0.2) is 17.5 Å². The Kier molecular flexibility index (Phi) is 7.44. The summed E-state index contributed by atoms with van der Waals surface area (Å²) in [7, 11) is -2.47. The van der Waals surface area contributed by atoms with E-state index in [9.17, 15) is 19.5 Å². The number of nitrogens with one attached hydrogen (secondary N) is 2. The van der Waals surface area contributed by atoms with Gasteiger partial charge in [0.2, 0.25) is 0 Å². The number of benzene rings is 2. The third-order valence-electron chi connectivity index (χ3n) is 15.8. The van der Waals surface area contributed by atoms with Crippen LogP contribution in [-0.4, -0.2) is 91.6 Å². The fraction of sp³-hybridized carbons (Fsp3) is 0.571. The highest BCUT2D eigenvalue weighted by molar-refractivity contribution is 6.36. The van der Waals surface area contributed by atoms with Crippen molar-refractivity contribution >= 4 is 40.8 Å². The predicted molar refractivity (Wildman–Crippen MR) is 242 cm³/mol. The van der Waals surface area contributed by atoms with E-state index in [1.165, 1.54) is 0 Å². The molecule has 2 aromatic heterocycles. The zero-order valence-electron chi connectivity index (χ0n) is 50.4. The van der Waals surface area contributed by atoms with Gasteiger partial charge in [0.25, 0.3) is 11.8 Å². The Hall–Kier alpha value is -4.63. The molecule has 13 nitrogen and oxygen atoms in total. The molecule has 4 heterocycles. The van der Waals surface area contributed by atoms with Crippen LogP contribution in [0.25, 0.3) is 11.1 Å². The highest BCUT2D eigenvalue weighted by atomic mass is 35.5. The minimum Gasteiger partial charge on any atom is -0.481 e. The molecule has 15 heteroatoms. The number of ether oxygens (including phenoxy) is 1. The number of carbonyl (C=O) groups excluding carboxylic acids is 2. The lowest BCUT2D eigenvalue weighted by Crippen LogP contribution is -2.34. The monoisotopic (exact) mass is 910 g/mol. The maximum Gasteiger partial charge on any atom is 0.309 e. The fourth-order valence-electron chi connectivity index (χ4n) is 12.1. The molecular formula is C49H60ClFN8O5. The molecule has 6 aliphatic rings. The SMILES string of the molecule is [2H]c1c([2H])c(NC(=O)c2nc3c(n2C([2H])([2H])[2H])CCN(CCC24CCC(COC([2H])([2H])[2H])(CC2)C4)C3)c(F)c(-c2c([2H])c([2H])c([2H])c(NC(=O)c3nc4c(n3C([2H])([2H])[2H])CCN(CCC35CCC(C(=O)O)(CC3)C5)C4)c2Cl)c1[2H]. The lowest BCUT2D eigenvalue weighted by Gasteiger charge is -2.32. The molecule has 4 aliphatic carbocycles. The van der Waals surface area contributed by atoms with Crippen molar-refractivity contribution in [1.29, 1.82) is 0 Å². The maximum absolute atomic E-state index is 17.2. The number of hydrogen-bond donors (Lipinski definition) is 3. The third kappa shape index (κ3) is 7.55. The first-order valence-electron chi connectivity index (χ1n) is 29.6. The van der Waals surface area contributed by atoms with Crippen LogP contribution in [0, 0.1) is 27.5 Å². The van der Waals surface area contributed by atoms with E-state index >= 15 is 4.39 Å². The molecule has 4 aromatic rings. The molecule has 10 rings (SSSR count). The van der Waals surface area contributed by atoms with Gasteiger partial charge >= 0.3 is 5.97 Å². The topological polar surface area (TPSA) is 147 Å². The second-order valence-electron chi connectivity index (χ2n) is 19.4. The zero-order chi connectivity index (χ0) is 57.3. The van der Waals surface area contributed by atoms with Crippen molar-refractivity contribution in [2.45, 2.75) is 103 Å². The van der Waals surface area contributed by atoms with Crippen molar-refractivity contribution in [3.8, 4) is 11.1 Å². The van der Waals surface area contributed by atoms with Crippen molar-refractivity contribution in [2.75, 3.05) is 50.5 Å². The maximum atomic E-state index is 17.2. The van der Waals surface area contributed by atoms with Crippen molar-refractivity contribution < 1.29 is 49.2 Å². The number of halogens is 2. The van der Waals surface area contributed by atoms with Gasteiger partial charge in [0.1, 0.15) is 0 Å². The van der Waals surface area contributed by atoms with Gasteiger partial charge in [-0.1, -0.05) is 35.8 Å². The third-order valence-corrected chi connectivity index (χ3v) is 16.2. The van der Waals surface area contributed by atoms with Crippen molar-refractivity contribution in [3.05, 3.63) is 81.5 Å². The number of nitrogens with zero attached hydrogens (tertiary/aromatic N) is 6. The molecule has 4 bridgehead atoms. The summed E-state index contributed by atoms with van der Waals surface area (Å²) in [5.74, 6) is -6.14. The number of hydrogen-bond acceptors (Lipinski definition) is 8. The molecule has 0 unspecified atom stereocenters. The van der Waals surface area contributed by atoms with Crippen LogP contribution in [-0.2, 0) is 49.4 Å². The second kappa shape index (κ2) is 16.4. The van der Waals surface area contributed by atoms with E-state index < -0.39 is 125 Å². The number of anilines is 2. The Morgan fingerprint density at radius 1 is 0.781 bits per heavy atom. The predicted octanol–water partition coefficient (Wildman–Crippen LogP) is 8.25. The Morgan fingerprint density at radius 3 is 1.88 bits per heavy atom. The molecule has 4 saturated carbocycles. The first-order valence-corrected chi connectivity index (χ1v) is 22.4. The van der Waals surface area contributed by atoms with E-state index in [1.54, 1.807) is 0 Å². The highest BCUT2D eigenvalue weighted by Crippen LogP contribution is 2.64. The summed E-state index contributed by atoms with van der Waals surface area (Å²) in [6.07, 6.45) is 9.75. The molecule has 0 atom stereocenters. The van der Waals surface area contributed by atoms with Crippen molar-refractivity contribution in [1.82, 2.24) is 28.9 Å². The van der Waals surface area contributed by atoms with Crippen LogP contribution in [0.2, 0.25) is 5.02 Å². The van der Waals surface area contributed by atoms with E-state index in [4.69, 9.17) is 36.9 Å². The number of rotatable bonds is 14. The quantitative estimate of drug-likeness (QED) is 0.114. The Balaban J connectivity index is 0.894. The number of aliphatic carboxylic acids is 1. The van der Waals surface area contributed by atoms with Gasteiger partial charge in [-0.25, -0.2) is 14.4 Å². The van der Waals surface area contributed by atoms with Crippen LogP contribution in [0.1, 0.15) is 142 Å². The molecule has 3 N–H and O–H groups in total. The molecular weight excluding hydrogens is 835 g/mol. The number of carboxylic acids is 1. The van der Waals surface area contributed by atoms with Gasteiger partial charge < -0.3 is 29.6 Å². The lowest BCUT2D eigenvalue weighted by molar-refractivity contribution is -0.148. The Labute approximate surface area is 400 Å². The minimum absolute atomic E-state index is 0.000815. The summed E-state index contributed by atoms with van der Waals surface area (Å²) >= 11 is 6.82.